The Kier molecular flexibility index (Phi) is 8.18. The molecule has 0 aliphatic carbocycles. The Labute approximate surface area is 148 Å². The number of guanidine groups is 1. The Hall–Kier alpha value is -1.35. The lowest BCUT2D eigenvalue weighted by molar-refractivity contribution is -0.114. The van der Waals surface area contributed by atoms with Gasteiger partial charge >= 0.3 is 0 Å². The molecule has 1 aliphatic rings. The van der Waals surface area contributed by atoms with Crippen molar-refractivity contribution in [3.8, 4) is 0 Å². The lowest BCUT2D eigenvalue weighted by Crippen LogP contribution is -2.44. The van der Waals surface area contributed by atoms with Crippen LogP contribution in [0.15, 0.2) is 29.3 Å². The molecule has 1 saturated heterocycles. The normalized spacial score (nSPS) is 15.1. The highest BCUT2D eigenvalue weighted by Crippen LogP contribution is 2.10. The van der Waals surface area contributed by atoms with E-state index in [0.29, 0.717) is 25.7 Å². The molecule has 0 aromatic heterocycles. The van der Waals surface area contributed by atoms with E-state index < -0.39 is 0 Å². The van der Waals surface area contributed by atoms with Gasteiger partial charge in [0.25, 0.3) is 0 Å². The van der Waals surface area contributed by atoms with Crippen LogP contribution in [0.1, 0.15) is 12.5 Å². The van der Waals surface area contributed by atoms with E-state index in [1.165, 1.54) is 12.5 Å². The maximum Gasteiger partial charge on any atom is 0.221 e. The number of nitrogens with one attached hydrogen (secondary N) is 1. The van der Waals surface area contributed by atoms with Crippen LogP contribution in [0, 0.1) is 0 Å². The first-order chi connectivity index (χ1) is 10.1. The fraction of sp³-hybridized carbons (Fsp3) is 0.467. The zero-order valence-electron chi connectivity index (χ0n) is 12.7. The summed E-state index contributed by atoms with van der Waals surface area (Å²) in [4.78, 5) is 17.4. The van der Waals surface area contributed by atoms with E-state index in [4.69, 9.17) is 10.5 Å². The Balaban J connectivity index is 0.00000242. The topological polar surface area (TPSA) is 80.0 Å². The van der Waals surface area contributed by atoms with Crippen LogP contribution < -0.4 is 11.1 Å². The van der Waals surface area contributed by atoms with Gasteiger partial charge in [-0.15, -0.1) is 24.0 Å². The first-order valence-corrected chi connectivity index (χ1v) is 7.14. The number of anilines is 1. The second-order valence-corrected chi connectivity index (χ2v) is 4.97. The second-order valence-electron chi connectivity index (χ2n) is 4.97. The Morgan fingerprint density at radius 2 is 1.95 bits per heavy atom. The smallest absolute Gasteiger partial charge is 0.221 e. The molecule has 3 N–H and O–H groups in total. The zero-order chi connectivity index (χ0) is 15.1. The molecule has 7 heteroatoms. The van der Waals surface area contributed by atoms with Crippen molar-refractivity contribution in [1.82, 2.24) is 4.90 Å². The number of rotatable bonds is 4. The minimum atomic E-state index is -0.0642. The van der Waals surface area contributed by atoms with E-state index in [9.17, 15) is 4.79 Å². The predicted octanol–water partition coefficient (Wildman–Crippen LogP) is 1.45. The number of nitrogens with zero attached hydrogens (tertiary/aromatic N) is 2. The summed E-state index contributed by atoms with van der Waals surface area (Å²) in [7, 11) is 0. The molecule has 0 atom stereocenters. The summed E-state index contributed by atoms with van der Waals surface area (Å²) in [6, 6.07) is 7.77. The monoisotopic (exact) mass is 418 g/mol. The minimum absolute atomic E-state index is 0. The van der Waals surface area contributed by atoms with Gasteiger partial charge < -0.3 is 20.7 Å². The number of hydrogen-bond donors (Lipinski definition) is 2. The largest absolute Gasteiger partial charge is 0.378 e. The van der Waals surface area contributed by atoms with Crippen LogP contribution in [-0.2, 0) is 16.0 Å². The molecule has 0 saturated carbocycles. The third-order valence-electron chi connectivity index (χ3n) is 3.28. The molecular weight excluding hydrogens is 395 g/mol. The second kappa shape index (κ2) is 9.62. The molecule has 1 aromatic carbocycles. The van der Waals surface area contributed by atoms with E-state index >= 15 is 0 Å². The number of benzene rings is 1. The number of amides is 1. The quantitative estimate of drug-likeness (QED) is 0.441. The fourth-order valence-corrected chi connectivity index (χ4v) is 2.15. The molecular formula is C15H23IN4O2. The predicted molar refractivity (Wildman–Crippen MR) is 98.7 cm³/mol. The number of carbonyl (C=O) groups is 1. The number of hydrogen-bond acceptors (Lipinski definition) is 3. The number of nitrogens with two attached hydrogens (primary N) is 1. The molecule has 1 heterocycles. The summed E-state index contributed by atoms with van der Waals surface area (Å²) >= 11 is 0. The molecule has 1 aliphatic heterocycles. The molecule has 22 heavy (non-hydrogen) atoms. The number of aliphatic imine (C=N–C) groups is 1. The van der Waals surface area contributed by atoms with Crippen LogP contribution in [0.5, 0.6) is 0 Å². The van der Waals surface area contributed by atoms with Crippen molar-refractivity contribution < 1.29 is 9.53 Å². The first-order valence-electron chi connectivity index (χ1n) is 7.14. The number of halogens is 1. The molecule has 0 radical (unpaired) electrons. The van der Waals surface area contributed by atoms with Crippen LogP contribution in [0.2, 0.25) is 0 Å². The van der Waals surface area contributed by atoms with Crippen molar-refractivity contribution in [3.63, 3.8) is 0 Å². The molecule has 6 nitrogen and oxygen atoms in total. The van der Waals surface area contributed by atoms with Crippen LogP contribution in [-0.4, -0.2) is 49.6 Å². The molecule has 1 amide bonds. The Morgan fingerprint density at radius 1 is 1.32 bits per heavy atom. The molecule has 2 rings (SSSR count). The van der Waals surface area contributed by atoms with Crippen LogP contribution in [0.4, 0.5) is 5.69 Å². The van der Waals surface area contributed by atoms with Gasteiger partial charge in [-0.1, -0.05) is 12.1 Å². The van der Waals surface area contributed by atoms with Gasteiger partial charge in [-0.05, 0) is 24.1 Å². The molecule has 1 fully saturated rings. The highest BCUT2D eigenvalue weighted by molar-refractivity contribution is 14.0. The van der Waals surface area contributed by atoms with E-state index in [-0.39, 0.29) is 29.9 Å². The van der Waals surface area contributed by atoms with E-state index in [1.807, 2.05) is 29.2 Å². The van der Waals surface area contributed by atoms with Gasteiger partial charge in [0.15, 0.2) is 5.96 Å². The Bertz CT molecular complexity index is 499. The van der Waals surface area contributed by atoms with E-state index in [0.717, 1.165) is 25.2 Å². The summed E-state index contributed by atoms with van der Waals surface area (Å²) in [6.45, 7) is 5.18. The van der Waals surface area contributed by atoms with E-state index in [1.54, 1.807) is 0 Å². The lowest BCUT2D eigenvalue weighted by atomic mass is 10.1. The summed E-state index contributed by atoms with van der Waals surface area (Å²) in [6.07, 6.45) is 0.825. The van der Waals surface area contributed by atoms with Gasteiger partial charge in [-0.2, -0.15) is 0 Å². The van der Waals surface area contributed by atoms with Gasteiger partial charge in [-0.3, -0.25) is 9.79 Å². The molecule has 1 aromatic rings. The molecule has 0 bridgehead atoms. The maximum atomic E-state index is 10.9. The van der Waals surface area contributed by atoms with Gasteiger partial charge in [0.05, 0.1) is 13.2 Å². The van der Waals surface area contributed by atoms with Crippen LogP contribution >= 0.6 is 24.0 Å². The summed E-state index contributed by atoms with van der Waals surface area (Å²) < 4.78 is 5.28. The fourth-order valence-electron chi connectivity index (χ4n) is 2.15. The third-order valence-corrected chi connectivity index (χ3v) is 3.28. The average Bonchev–Trinajstić information content (AvgIpc) is 2.49. The number of carbonyl (C=O) groups excluding carboxylic acids is 1. The van der Waals surface area contributed by atoms with E-state index in [2.05, 4.69) is 10.3 Å². The lowest BCUT2D eigenvalue weighted by Gasteiger charge is -2.27. The summed E-state index contributed by atoms with van der Waals surface area (Å²) in [5.74, 6) is 0.527. The highest BCUT2D eigenvalue weighted by atomic mass is 127. The van der Waals surface area contributed by atoms with Crippen molar-refractivity contribution in [3.05, 3.63) is 29.8 Å². The van der Waals surface area contributed by atoms with Crippen molar-refractivity contribution in [1.29, 1.82) is 0 Å². The highest BCUT2D eigenvalue weighted by Gasteiger charge is 2.11. The minimum Gasteiger partial charge on any atom is -0.378 e. The van der Waals surface area contributed by atoms with Gasteiger partial charge in [0.1, 0.15) is 0 Å². The average molecular weight is 418 g/mol. The first kappa shape index (κ1) is 18.7. The zero-order valence-corrected chi connectivity index (χ0v) is 15.1. The van der Waals surface area contributed by atoms with Crippen molar-refractivity contribution in [2.24, 2.45) is 10.7 Å². The van der Waals surface area contributed by atoms with Crippen molar-refractivity contribution in [2.75, 3.05) is 38.2 Å². The third kappa shape index (κ3) is 6.18. The van der Waals surface area contributed by atoms with Gasteiger partial charge in [-0.25, -0.2) is 0 Å². The van der Waals surface area contributed by atoms with Crippen LogP contribution in [0.3, 0.4) is 0 Å². The molecule has 122 valence electrons. The number of morpholine rings is 1. The molecule has 0 unspecified atom stereocenters. The maximum absolute atomic E-state index is 10.9. The molecule has 0 spiro atoms. The SMILES string of the molecule is CC(=O)Nc1ccc(CCN=C(N)N2CCOCC2)cc1.I. The summed E-state index contributed by atoms with van der Waals surface area (Å²) in [5, 5.41) is 2.74. The van der Waals surface area contributed by atoms with Gasteiger partial charge in [0, 0.05) is 32.2 Å². The van der Waals surface area contributed by atoms with Crippen molar-refractivity contribution in [2.45, 2.75) is 13.3 Å². The summed E-state index contributed by atoms with van der Waals surface area (Å²) in [5.41, 5.74) is 7.94. The van der Waals surface area contributed by atoms with Crippen molar-refractivity contribution >= 4 is 41.5 Å². The van der Waals surface area contributed by atoms with Gasteiger partial charge in [0.2, 0.25) is 5.91 Å². The standard InChI is InChI=1S/C15H22N4O2.HI/c1-12(20)18-14-4-2-13(3-5-14)6-7-17-15(16)19-8-10-21-11-9-19;/h2-5H,6-11H2,1H3,(H2,16,17)(H,18,20);1H. The Morgan fingerprint density at radius 3 is 2.55 bits per heavy atom. The van der Waals surface area contributed by atoms with Crippen LogP contribution in [0.25, 0.3) is 0 Å². The number of ether oxygens (including phenoxy) is 1.